The van der Waals surface area contributed by atoms with E-state index in [1.54, 1.807) is 29.0 Å². The normalized spacial score (nSPS) is 14.0. The Kier molecular flexibility index (Phi) is 7.62. The number of hydrogen-bond donors (Lipinski definition) is 2. The van der Waals surface area contributed by atoms with Crippen molar-refractivity contribution >= 4 is 34.3 Å². The molecule has 0 spiro atoms. The molecule has 6 rings (SSSR count). The second kappa shape index (κ2) is 11.8. The summed E-state index contributed by atoms with van der Waals surface area (Å²) in [6, 6.07) is 26.9. The molecule has 42 heavy (non-hydrogen) atoms. The van der Waals surface area contributed by atoms with E-state index in [2.05, 4.69) is 58.4 Å². The molecule has 210 valence electrons. The Balaban J connectivity index is 1.39. The van der Waals surface area contributed by atoms with Gasteiger partial charge < -0.3 is 15.5 Å². The van der Waals surface area contributed by atoms with Gasteiger partial charge in [0.05, 0.1) is 5.69 Å². The minimum absolute atomic E-state index is 0.229. The first kappa shape index (κ1) is 27.1. The summed E-state index contributed by atoms with van der Waals surface area (Å²) in [5.74, 6) is 0.622. The molecule has 3 heterocycles. The molecule has 0 aliphatic carbocycles. The number of pyridine rings is 1. The number of amides is 1. The van der Waals surface area contributed by atoms with Crippen LogP contribution in [0.4, 0.5) is 17.3 Å². The van der Waals surface area contributed by atoms with Crippen molar-refractivity contribution < 1.29 is 4.79 Å². The maximum absolute atomic E-state index is 14.0. The molecular formula is C34H32N6O2. The Hall–Kier alpha value is -5.08. The molecule has 0 bridgehead atoms. The highest BCUT2D eigenvalue weighted by Crippen LogP contribution is 2.29. The lowest BCUT2D eigenvalue weighted by Gasteiger charge is -2.29. The van der Waals surface area contributed by atoms with Crippen molar-refractivity contribution in [3.63, 3.8) is 0 Å². The molecular weight excluding hydrogens is 524 g/mol. The number of aromatic nitrogens is 3. The van der Waals surface area contributed by atoms with Gasteiger partial charge in [-0.2, -0.15) is 4.98 Å². The van der Waals surface area contributed by atoms with Crippen molar-refractivity contribution in [3.05, 3.63) is 120 Å². The van der Waals surface area contributed by atoms with Crippen LogP contribution in [0, 0.1) is 0 Å². The highest BCUT2D eigenvalue weighted by molar-refractivity contribution is 5.99. The lowest BCUT2D eigenvalue weighted by molar-refractivity contribution is -0.111. The van der Waals surface area contributed by atoms with Crippen LogP contribution in [0.5, 0.6) is 0 Å². The van der Waals surface area contributed by atoms with E-state index in [0.29, 0.717) is 39.8 Å². The fraction of sp³-hybridized carbons (Fsp3) is 0.176. The monoisotopic (exact) mass is 556 g/mol. The molecule has 1 saturated heterocycles. The molecule has 0 radical (unpaired) electrons. The molecule has 8 nitrogen and oxygen atoms in total. The van der Waals surface area contributed by atoms with Crippen LogP contribution in [0.25, 0.3) is 27.8 Å². The summed E-state index contributed by atoms with van der Waals surface area (Å²) in [6.07, 6.45) is 5.26. The van der Waals surface area contributed by atoms with E-state index in [4.69, 9.17) is 4.98 Å². The Labute approximate surface area is 244 Å². The number of carbonyl (C=O) groups excluding carboxylic acids is 1. The zero-order chi connectivity index (χ0) is 29.1. The maximum atomic E-state index is 14.0. The summed E-state index contributed by atoms with van der Waals surface area (Å²) in [6.45, 7) is 5.76. The van der Waals surface area contributed by atoms with Crippen molar-refractivity contribution in [2.75, 3.05) is 30.8 Å². The van der Waals surface area contributed by atoms with Gasteiger partial charge in [0.1, 0.15) is 0 Å². The van der Waals surface area contributed by atoms with Gasteiger partial charge in [0.2, 0.25) is 11.9 Å². The second-order valence-corrected chi connectivity index (χ2v) is 10.6. The average Bonchev–Trinajstić information content (AvgIpc) is 3.02. The summed E-state index contributed by atoms with van der Waals surface area (Å²) in [5, 5.41) is 6.78. The molecule has 0 atom stereocenters. The number of rotatable bonds is 7. The summed E-state index contributed by atoms with van der Waals surface area (Å²) in [7, 11) is 2.17. The van der Waals surface area contributed by atoms with E-state index < -0.39 is 0 Å². The highest BCUT2D eigenvalue weighted by Gasteiger charge is 2.19. The van der Waals surface area contributed by atoms with Crippen LogP contribution in [0.3, 0.4) is 0 Å². The van der Waals surface area contributed by atoms with E-state index in [1.807, 2.05) is 42.5 Å². The Bertz CT molecular complexity index is 1810. The molecule has 1 amide bonds. The van der Waals surface area contributed by atoms with Crippen molar-refractivity contribution in [2.45, 2.75) is 18.8 Å². The summed E-state index contributed by atoms with van der Waals surface area (Å²) in [4.78, 5) is 37.7. The Morgan fingerprint density at radius 3 is 2.45 bits per heavy atom. The van der Waals surface area contributed by atoms with Gasteiger partial charge in [-0.05, 0) is 92.5 Å². The third kappa shape index (κ3) is 5.70. The molecule has 3 aromatic carbocycles. The molecule has 0 unspecified atom stereocenters. The van der Waals surface area contributed by atoms with Gasteiger partial charge in [-0.25, -0.2) is 4.98 Å². The molecule has 2 aromatic heterocycles. The van der Waals surface area contributed by atoms with Crippen molar-refractivity contribution in [1.29, 1.82) is 0 Å². The predicted molar refractivity (Wildman–Crippen MR) is 169 cm³/mol. The van der Waals surface area contributed by atoms with Gasteiger partial charge in [-0.15, -0.1) is 0 Å². The molecule has 1 fully saturated rings. The van der Waals surface area contributed by atoms with Crippen LogP contribution >= 0.6 is 0 Å². The fourth-order valence-corrected chi connectivity index (χ4v) is 5.45. The lowest BCUT2D eigenvalue weighted by atomic mass is 9.89. The van der Waals surface area contributed by atoms with Gasteiger partial charge in [-0.3, -0.25) is 14.2 Å². The Morgan fingerprint density at radius 1 is 0.952 bits per heavy atom. The quantitative estimate of drug-likeness (QED) is 0.235. The van der Waals surface area contributed by atoms with Crippen LogP contribution in [-0.2, 0) is 4.79 Å². The number of benzene rings is 3. The van der Waals surface area contributed by atoms with Crippen molar-refractivity contribution in [1.82, 2.24) is 19.4 Å². The summed E-state index contributed by atoms with van der Waals surface area (Å²) >= 11 is 0. The van der Waals surface area contributed by atoms with Gasteiger partial charge in [0.15, 0.2) is 5.65 Å². The van der Waals surface area contributed by atoms with Gasteiger partial charge >= 0.3 is 0 Å². The number of likely N-dealkylation sites (tertiary alicyclic amines) is 1. The number of fused-ring (bicyclic) bond motifs is 1. The zero-order valence-electron chi connectivity index (χ0n) is 23.5. The average molecular weight is 557 g/mol. The van der Waals surface area contributed by atoms with Gasteiger partial charge in [-0.1, -0.05) is 55.1 Å². The van der Waals surface area contributed by atoms with Gasteiger partial charge in [0, 0.05) is 28.5 Å². The molecule has 1 aliphatic heterocycles. The molecule has 5 aromatic rings. The number of anilines is 3. The van der Waals surface area contributed by atoms with Crippen LogP contribution in [-0.4, -0.2) is 45.5 Å². The SMILES string of the molecule is C=CC(=O)Nc1cccc(-n2c(=O)c(-c3ccccc3)cc3cnc(Nc4ccc(C5CCN(C)CC5)cc4)nc32)c1. The van der Waals surface area contributed by atoms with Crippen molar-refractivity contribution in [3.8, 4) is 16.8 Å². The molecule has 8 heteroatoms. The largest absolute Gasteiger partial charge is 0.324 e. The number of carbonyl (C=O) groups is 1. The first-order chi connectivity index (χ1) is 20.5. The third-order valence-corrected chi connectivity index (χ3v) is 7.74. The van der Waals surface area contributed by atoms with E-state index in [0.717, 1.165) is 37.2 Å². The lowest BCUT2D eigenvalue weighted by Crippen LogP contribution is -2.29. The smallest absolute Gasteiger partial charge is 0.264 e. The first-order valence-electron chi connectivity index (χ1n) is 14.1. The predicted octanol–water partition coefficient (Wildman–Crippen LogP) is 6.13. The van der Waals surface area contributed by atoms with Crippen LogP contribution < -0.4 is 16.2 Å². The number of nitrogens with one attached hydrogen (secondary N) is 2. The van der Waals surface area contributed by atoms with E-state index in [-0.39, 0.29) is 11.5 Å². The summed E-state index contributed by atoms with van der Waals surface area (Å²) < 4.78 is 1.57. The number of nitrogens with zero attached hydrogens (tertiary/aromatic N) is 4. The topological polar surface area (TPSA) is 92.1 Å². The minimum atomic E-state index is -0.335. The number of hydrogen-bond acceptors (Lipinski definition) is 6. The van der Waals surface area contributed by atoms with Crippen LogP contribution in [0.15, 0.2) is 109 Å². The van der Waals surface area contributed by atoms with Crippen LogP contribution in [0.1, 0.15) is 24.3 Å². The molecule has 0 saturated carbocycles. The van der Waals surface area contributed by atoms with Crippen molar-refractivity contribution in [2.24, 2.45) is 0 Å². The van der Waals surface area contributed by atoms with E-state index in [9.17, 15) is 9.59 Å². The molecule has 1 aliphatic rings. The van der Waals surface area contributed by atoms with E-state index >= 15 is 0 Å². The second-order valence-electron chi connectivity index (χ2n) is 10.6. The first-order valence-corrected chi connectivity index (χ1v) is 14.1. The standard InChI is InChI=1S/C34H32N6O2/c1-3-31(41)36-28-10-7-11-29(21-28)40-32-26(20-30(33(40)42)25-8-5-4-6-9-25)22-35-34(38-32)37-27-14-12-23(13-15-27)24-16-18-39(2)19-17-24/h3-15,20-22,24H,1,16-19H2,2H3,(H,36,41)(H,35,37,38). The summed E-state index contributed by atoms with van der Waals surface area (Å²) in [5.41, 5.74) is 4.86. The van der Waals surface area contributed by atoms with E-state index in [1.165, 1.54) is 11.6 Å². The van der Waals surface area contributed by atoms with Crippen LogP contribution in [0.2, 0.25) is 0 Å². The maximum Gasteiger partial charge on any atom is 0.264 e. The third-order valence-electron chi connectivity index (χ3n) is 7.74. The highest BCUT2D eigenvalue weighted by atomic mass is 16.1. The molecule has 2 N–H and O–H groups in total. The Morgan fingerprint density at radius 2 is 1.71 bits per heavy atom. The fourth-order valence-electron chi connectivity index (χ4n) is 5.45. The van der Waals surface area contributed by atoms with Gasteiger partial charge in [0.25, 0.3) is 5.56 Å². The number of piperidine rings is 1. The zero-order valence-corrected chi connectivity index (χ0v) is 23.5. The minimum Gasteiger partial charge on any atom is -0.324 e.